The number of halogens is 2. The fourth-order valence-electron chi connectivity index (χ4n) is 4.00. The number of piperidine rings is 1. The monoisotopic (exact) mass is 409 g/mol. The van der Waals surface area contributed by atoms with Crippen molar-refractivity contribution in [3.63, 3.8) is 0 Å². The van der Waals surface area contributed by atoms with Crippen LogP contribution in [0.1, 0.15) is 42.5 Å². The highest BCUT2D eigenvalue weighted by Gasteiger charge is 2.38. The van der Waals surface area contributed by atoms with Crippen molar-refractivity contribution < 1.29 is 23.5 Å². The smallest absolute Gasteiger partial charge is 0.251 e. The molecule has 1 atom stereocenters. The van der Waals surface area contributed by atoms with Crippen LogP contribution in [0.2, 0.25) is 0 Å². The maximum atomic E-state index is 13.3. The molecule has 2 heterocycles. The molecule has 0 spiro atoms. The average Bonchev–Trinajstić information content (AvgIpc) is 2.90. The largest absolute Gasteiger partial charge is 0.388 e. The summed E-state index contributed by atoms with van der Waals surface area (Å²) in [5.74, 6) is -3.08. The first kappa shape index (κ1) is 21.6. The van der Waals surface area contributed by atoms with E-state index in [0.717, 1.165) is 0 Å². The number of β-amino-alcohol motifs (C(OH)–C–C–N with tert-alkyl or cyclic N) is 1. The summed E-state index contributed by atoms with van der Waals surface area (Å²) in [5.41, 5.74) is -0.479. The van der Waals surface area contributed by atoms with Gasteiger partial charge < -0.3 is 20.2 Å². The number of aliphatic hydroxyl groups is 1. The number of nitrogens with zero attached hydrogens (tertiary/aromatic N) is 2. The Morgan fingerprint density at radius 3 is 2.38 bits per heavy atom. The molecule has 8 heteroatoms. The molecule has 29 heavy (non-hydrogen) atoms. The van der Waals surface area contributed by atoms with Gasteiger partial charge >= 0.3 is 0 Å². The van der Waals surface area contributed by atoms with Gasteiger partial charge in [-0.3, -0.25) is 9.59 Å². The molecule has 2 fully saturated rings. The normalized spacial score (nSPS) is 25.3. The highest BCUT2D eigenvalue weighted by Crippen LogP contribution is 2.30. The molecular weight excluding hydrogens is 380 g/mol. The zero-order valence-electron chi connectivity index (χ0n) is 16.6. The van der Waals surface area contributed by atoms with Crippen molar-refractivity contribution >= 4 is 11.8 Å². The molecule has 0 saturated carbocycles. The van der Waals surface area contributed by atoms with Gasteiger partial charge in [-0.1, -0.05) is 18.2 Å². The molecule has 1 aromatic carbocycles. The Hall–Kier alpha value is -2.06. The lowest BCUT2D eigenvalue weighted by molar-refractivity contribution is -0.130. The Bertz CT molecular complexity index is 706. The highest BCUT2D eigenvalue weighted by atomic mass is 19.3. The summed E-state index contributed by atoms with van der Waals surface area (Å²) in [4.78, 5) is 28.1. The fraction of sp³-hybridized carbons (Fsp3) is 0.619. The second-order valence-electron chi connectivity index (χ2n) is 8.14. The van der Waals surface area contributed by atoms with E-state index in [1.807, 2.05) is 11.0 Å². The summed E-state index contributed by atoms with van der Waals surface area (Å²) in [6, 6.07) is 8.70. The molecule has 3 rings (SSSR count). The van der Waals surface area contributed by atoms with Crippen LogP contribution in [0.15, 0.2) is 30.3 Å². The van der Waals surface area contributed by atoms with Gasteiger partial charge in [-0.15, -0.1) is 0 Å². The number of rotatable bonds is 5. The van der Waals surface area contributed by atoms with Crippen LogP contribution in [0.3, 0.4) is 0 Å². The van der Waals surface area contributed by atoms with E-state index in [4.69, 9.17) is 0 Å². The van der Waals surface area contributed by atoms with Crippen LogP contribution in [0.4, 0.5) is 8.78 Å². The summed E-state index contributed by atoms with van der Waals surface area (Å²) < 4.78 is 26.7. The summed E-state index contributed by atoms with van der Waals surface area (Å²) in [7, 11) is 0. The number of carbonyl (C=O) groups is 2. The van der Waals surface area contributed by atoms with Crippen LogP contribution in [0, 0.1) is 0 Å². The van der Waals surface area contributed by atoms with Crippen LogP contribution in [0.5, 0.6) is 0 Å². The molecule has 0 aliphatic carbocycles. The van der Waals surface area contributed by atoms with Crippen molar-refractivity contribution in [3.05, 3.63) is 35.9 Å². The number of amides is 2. The van der Waals surface area contributed by atoms with Crippen molar-refractivity contribution in [2.45, 2.75) is 43.6 Å². The lowest BCUT2D eigenvalue weighted by atomic mass is 9.93. The summed E-state index contributed by atoms with van der Waals surface area (Å²) in [6.07, 6.45) is 1.22. The van der Waals surface area contributed by atoms with Crippen molar-refractivity contribution in [2.24, 2.45) is 0 Å². The Balaban J connectivity index is 1.46. The minimum atomic E-state index is -2.60. The molecule has 1 aromatic rings. The molecule has 2 aliphatic rings. The summed E-state index contributed by atoms with van der Waals surface area (Å²) in [6.45, 7) is 1.73. The number of hydrogen-bond acceptors (Lipinski definition) is 4. The predicted octanol–water partition coefficient (Wildman–Crippen LogP) is 1.89. The van der Waals surface area contributed by atoms with E-state index < -0.39 is 11.5 Å². The van der Waals surface area contributed by atoms with Gasteiger partial charge in [-0.2, -0.15) is 0 Å². The van der Waals surface area contributed by atoms with Crippen molar-refractivity contribution in [1.29, 1.82) is 0 Å². The SMILES string of the molecule is O=C(NCC(=O)N1CCC[C@@](O)(CN2CCC(F)(F)CC2)CC1)c1ccccc1. The third kappa shape index (κ3) is 6.21. The minimum absolute atomic E-state index is 0.0899. The number of nitrogens with one attached hydrogen (secondary N) is 1. The number of benzene rings is 1. The molecular formula is C21H29F2N3O3. The van der Waals surface area contributed by atoms with Gasteiger partial charge in [0.15, 0.2) is 0 Å². The molecule has 2 saturated heterocycles. The molecule has 0 radical (unpaired) electrons. The first-order valence-electron chi connectivity index (χ1n) is 10.2. The van der Waals surface area contributed by atoms with Gasteiger partial charge in [-0.25, -0.2) is 8.78 Å². The van der Waals surface area contributed by atoms with E-state index in [0.29, 0.717) is 44.5 Å². The van der Waals surface area contributed by atoms with E-state index in [-0.39, 0.29) is 44.3 Å². The minimum Gasteiger partial charge on any atom is -0.388 e. The molecule has 2 aliphatic heterocycles. The quantitative estimate of drug-likeness (QED) is 0.779. The van der Waals surface area contributed by atoms with Crippen LogP contribution >= 0.6 is 0 Å². The first-order chi connectivity index (χ1) is 13.8. The van der Waals surface area contributed by atoms with E-state index in [1.165, 1.54) is 0 Å². The van der Waals surface area contributed by atoms with Crippen LogP contribution in [-0.2, 0) is 4.79 Å². The molecule has 2 amide bonds. The van der Waals surface area contributed by atoms with Gasteiger partial charge in [0.05, 0.1) is 12.1 Å². The number of hydrogen-bond donors (Lipinski definition) is 2. The molecule has 160 valence electrons. The molecule has 0 unspecified atom stereocenters. The third-order valence-electron chi connectivity index (χ3n) is 5.81. The van der Waals surface area contributed by atoms with Crippen molar-refractivity contribution in [3.8, 4) is 0 Å². The van der Waals surface area contributed by atoms with Crippen molar-refractivity contribution in [2.75, 3.05) is 39.3 Å². The number of likely N-dealkylation sites (tertiary alicyclic amines) is 2. The predicted molar refractivity (Wildman–Crippen MR) is 105 cm³/mol. The molecule has 0 bridgehead atoms. The molecule has 6 nitrogen and oxygen atoms in total. The Morgan fingerprint density at radius 2 is 1.69 bits per heavy atom. The Labute approximate surface area is 169 Å². The van der Waals surface area contributed by atoms with Crippen LogP contribution in [0.25, 0.3) is 0 Å². The fourth-order valence-corrected chi connectivity index (χ4v) is 4.00. The zero-order valence-corrected chi connectivity index (χ0v) is 16.6. The van der Waals surface area contributed by atoms with E-state index in [1.54, 1.807) is 29.2 Å². The third-order valence-corrected chi connectivity index (χ3v) is 5.81. The second kappa shape index (κ2) is 9.17. The zero-order chi connectivity index (χ0) is 20.9. The van der Waals surface area contributed by atoms with Crippen LogP contribution < -0.4 is 5.32 Å². The lowest BCUT2D eigenvalue weighted by Gasteiger charge is -2.37. The summed E-state index contributed by atoms with van der Waals surface area (Å²) >= 11 is 0. The lowest BCUT2D eigenvalue weighted by Crippen LogP contribution is -2.48. The molecule has 2 N–H and O–H groups in total. The van der Waals surface area contributed by atoms with E-state index >= 15 is 0 Å². The highest BCUT2D eigenvalue weighted by molar-refractivity contribution is 5.96. The van der Waals surface area contributed by atoms with Crippen LogP contribution in [-0.4, -0.2) is 77.5 Å². The Kier molecular flexibility index (Phi) is 6.85. The standard InChI is InChI=1S/C21H29F2N3O3/c22-21(23)9-12-25(13-10-21)16-20(29)7-4-11-26(14-8-20)18(27)15-24-19(28)17-5-2-1-3-6-17/h1-3,5-6,29H,4,7-16H2,(H,24,28)/t20-/m0/s1. The molecule has 0 aromatic heterocycles. The average molecular weight is 409 g/mol. The van der Waals surface area contributed by atoms with Crippen molar-refractivity contribution in [1.82, 2.24) is 15.1 Å². The van der Waals surface area contributed by atoms with E-state index in [9.17, 15) is 23.5 Å². The topological polar surface area (TPSA) is 72.9 Å². The number of carbonyl (C=O) groups excluding carboxylic acids is 2. The second-order valence-corrected chi connectivity index (χ2v) is 8.14. The van der Waals surface area contributed by atoms with Gasteiger partial charge in [0, 0.05) is 51.1 Å². The number of alkyl halides is 2. The maximum Gasteiger partial charge on any atom is 0.251 e. The van der Waals surface area contributed by atoms with Gasteiger partial charge in [-0.05, 0) is 31.4 Å². The Morgan fingerprint density at radius 1 is 1.00 bits per heavy atom. The van der Waals surface area contributed by atoms with E-state index in [2.05, 4.69) is 5.32 Å². The first-order valence-corrected chi connectivity index (χ1v) is 10.2. The maximum absolute atomic E-state index is 13.3. The van der Waals surface area contributed by atoms with Gasteiger partial charge in [0.25, 0.3) is 11.8 Å². The summed E-state index contributed by atoms with van der Waals surface area (Å²) in [5, 5.41) is 13.6. The van der Waals surface area contributed by atoms with Gasteiger partial charge in [0.2, 0.25) is 5.91 Å². The van der Waals surface area contributed by atoms with Gasteiger partial charge in [0.1, 0.15) is 0 Å².